The van der Waals surface area contributed by atoms with Gasteiger partial charge < -0.3 is 10.1 Å². The summed E-state index contributed by atoms with van der Waals surface area (Å²) in [5.74, 6) is 0. The Balaban J connectivity index is 2.44. The van der Waals surface area contributed by atoms with Gasteiger partial charge in [-0.25, -0.2) is 0 Å². The van der Waals surface area contributed by atoms with Crippen LogP contribution in [0.15, 0.2) is 24.3 Å². The van der Waals surface area contributed by atoms with Crippen molar-refractivity contribution < 1.29 is 4.74 Å². The van der Waals surface area contributed by atoms with E-state index in [2.05, 4.69) is 50.4 Å². The van der Waals surface area contributed by atoms with Crippen LogP contribution in [0.5, 0.6) is 0 Å². The van der Waals surface area contributed by atoms with Crippen LogP contribution in [0, 0.1) is 5.41 Å². The molecule has 2 heteroatoms. The van der Waals surface area contributed by atoms with E-state index in [1.807, 2.05) is 0 Å². The second-order valence-corrected chi connectivity index (χ2v) is 5.42. The second kappa shape index (κ2) is 6.02. The Morgan fingerprint density at radius 3 is 2.50 bits per heavy atom. The fourth-order valence-corrected chi connectivity index (χ4v) is 1.58. The van der Waals surface area contributed by atoms with Gasteiger partial charge in [-0.2, -0.15) is 0 Å². The van der Waals surface area contributed by atoms with Gasteiger partial charge in [-0.15, -0.1) is 0 Å². The van der Waals surface area contributed by atoms with Crippen LogP contribution in [0.4, 0.5) is 0 Å². The fourth-order valence-electron chi connectivity index (χ4n) is 1.58. The summed E-state index contributed by atoms with van der Waals surface area (Å²) in [5, 5.41) is 3.47. The molecule has 0 atom stereocenters. The van der Waals surface area contributed by atoms with Crippen molar-refractivity contribution in [2.24, 2.45) is 5.41 Å². The summed E-state index contributed by atoms with van der Waals surface area (Å²) in [6.07, 6.45) is 0. The Kier molecular flexibility index (Phi) is 4.97. The van der Waals surface area contributed by atoms with Gasteiger partial charge in [-0.1, -0.05) is 45.0 Å². The lowest BCUT2D eigenvalue weighted by Gasteiger charge is -2.18. The number of nitrogens with one attached hydrogen (secondary N) is 1. The lowest BCUT2D eigenvalue weighted by Crippen LogP contribution is -2.26. The maximum absolute atomic E-state index is 5.12. The van der Waals surface area contributed by atoms with E-state index < -0.39 is 0 Å². The Morgan fingerprint density at radius 2 is 1.88 bits per heavy atom. The van der Waals surface area contributed by atoms with Crippen molar-refractivity contribution in [3.8, 4) is 0 Å². The Morgan fingerprint density at radius 1 is 1.19 bits per heavy atom. The van der Waals surface area contributed by atoms with Crippen molar-refractivity contribution in [1.82, 2.24) is 5.32 Å². The van der Waals surface area contributed by atoms with Gasteiger partial charge in [-0.05, 0) is 16.5 Å². The van der Waals surface area contributed by atoms with Crippen molar-refractivity contribution in [3.05, 3.63) is 35.4 Å². The molecule has 0 amide bonds. The third-order valence-corrected chi connectivity index (χ3v) is 2.29. The predicted molar refractivity (Wildman–Crippen MR) is 68.3 cm³/mol. The molecule has 1 N–H and O–H groups in total. The van der Waals surface area contributed by atoms with E-state index in [1.165, 1.54) is 11.1 Å². The minimum absolute atomic E-state index is 0.337. The van der Waals surface area contributed by atoms with E-state index in [-0.39, 0.29) is 0 Å². The van der Waals surface area contributed by atoms with Gasteiger partial charge in [0, 0.05) is 20.2 Å². The average molecular weight is 221 g/mol. The van der Waals surface area contributed by atoms with Crippen LogP contribution in [0.2, 0.25) is 0 Å². The van der Waals surface area contributed by atoms with Crippen LogP contribution in [-0.4, -0.2) is 13.7 Å². The van der Waals surface area contributed by atoms with Crippen molar-refractivity contribution in [1.29, 1.82) is 0 Å². The fraction of sp³-hybridized carbons (Fsp3) is 0.571. The molecule has 0 saturated heterocycles. The van der Waals surface area contributed by atoms with Crippen LogP contribution in [0.25, 0.3) is 0 Å². The number of benzene rings is 1. The lowest BCUT2D eigenvalue weighted by molar-refractivity contribution is 0.185. The molecule has 0 heterocycles. The predicted octanol–water partition coefficient (Wildman–Crippen LogP) is 2.97. The topological polar surface area (TPSA) is 21.3 Å². The van der Waals surface area contributed by atoms with Crippen molar-refractivity contribution in [2.75, 3.05) is 13.7 Å². The third kappa shape index (κ3) is 5.29. The molecule has 2 nitrogen and oxygen atoms in total. The summed E-state index contributed by atoms with van der Waals surface area (Å²) < 4.78 is 5.12. The van der Waals surface area contributed by atoms with Gasteiger partial charge in [-0.3, -0.25) is 0 Å². The summed E-state index contributed by atoms with van der Waals surface area (Å²) in [4.78, 5) is 0. The summed E-state index contributed by atoms with van der Waals surface area (Å²) >= 11 is 0. The second-order valence-electron chi connectivity index (χ2n) is 5.42. The highest BCUT2D eigenvalue weighted by molar-refractivity contribution is 5.22. The third-order valence-electron chi connectivity index (χ3n) is 2.29. The highest BCUT2D eigenvalue weighted by Gasteiger charge is 2.08. The Hall–Kier alpha value is -0.860. The molecule has 0 aliphatic carbocycles. The molecular weight excluding hydrogens is 198 g/mol. The molecule has 0 aliphatic heterocycles. The van der Waals surface area contributed by atoms with E-state index >= 15 is 0 Å². The minimum atomic E-state index is 0.337. The van der Waals surface area contributed by atoms with E-state index in [4.69, 9.17) is 4.74 Å². The molecule has 1 aromatic rings. The summed E-state index contributed by atoms with van der Waals surface area (Å²) in [5.41, 5.74) is 2.89. The summed E-state index contributed by atoms with van der Waals surface area (Å²) in [7, 11) is 1.73. The smallest absolute Gasteiger partial charge is 0.0713 e. The normalized spacial score (nSPS) is 11.8. The van der Waals surface area contributed by atoms with Crippen LogP contribution in [-0.2, 0) is 17.9 Å². The summed E-state index contributed by atoms with van der Waals surface area (Å²) in [6, 6.07) is 8.52. The molecule has 0 saturated carbocycles. The maximum Gasteiger partial charge on any atom is 0.0713 e. The molecule has 1 aromatic carbocycles. The van der Waals surface area contributed by atoms with Gasteiger partial charge in [0.2, 0.25) is 0 Å². The molecule has 90 valence electrons. The molecule has 16 heavy (non-hydrogen) atoms. The van der Waals surface area contributed by atoms with Gasteiger partial charge >= 0.3 is 0 Å². The Labute approximate surface area is 99.0 Å². The van der Waals surface area contributed by atoms with Crippen molar-refractivity contribution in [3.63, 3.8) is 0 Å². The SMILES string of the molecule is COCc1cccc(CNCC(C)(C)C)c1. The molecule has 0 unspecified atom stereocenters. The van der Waals surface area contributed by atoms with Gasteiger partial charge in [0.15, 0.2) is 0 Å². The minimum Gasteiger partial charge on any atom is -0.380 e. The van der Waals surface area contributed by atoms with E-state index in [1.54, 1.807) is 7.11 Å². The molecule has 0 bridgehead atoms. The quantitative estimate of drug-likeness (QED) is 0.825. The number of hydrogen-bond acceptors (Lipinski definition) is 2. The lowest BCUT2D eigenvalue weighted by atomic mass is 9.97. The zero-order chi connectivity index (χ0) is 12.0. The highest BCUT2D eigenvalue weighted by Crippen LogP contribution is 2.11. The molecule has 0 radical (unpaired) electrons. The van der Waals surface area contributed by atoms with Crippen molar-refractivity contribution >= 4 is 0 Å². The standard InChI is InChI=1S/C14H23NO/c1-14(2,3)11-15-9-12-6-5-7-13(8-12)10-16-4/h5-8,15H,9-11H2,1-4H3. The van der Waals surface area contributed by atoms with E-state index in [0.717, 1.165) is 13.1 Å². The molecule has 1 rings (SSSR count). The number of hydrogen-bond donors (Lipinski definition) is 1. The largest absolute Gasteiger partial charge is 0.380 e. The first kappa shape index (κ1) is 13.2. The molecule has 0 aromatic heterocycles. The van der Waals surface area contributed by atoms with Crippen LogP contribution in [0.1, 0.15) is 31.9 Å². The van der Waals surface area contributed by atoms with Crippen LogP contribution < -0.4 is 5.32 Å². The molecule has 0 aliphatic rings. The zero-order valence-corrected chi connectivity index (χ0v) is 10.8. The number of rotatable bonds is 5. The van der Waals surface area contributed by atoms with Gasteiger partial charge in [0.25, 0.3) is 0 Å². The zero-order valence-electron chi connectivity index (χ0n) is 10.8. The first-order valence-corrected chi connectivity index (χ1v) is 5.79. The van der Waals surface area contributed by atoms with Crippen molar-refractivity contribution in [2.45, 2.75) is 33.9 Å². The van der Waals surface area contributed by atoms with Crippen LogP contribution >= 0.6 is 0 Å². The highest BCUT2D eigenvalue weighted by atomic mass is 16.5. The Bertz CT molecular complexity index is 315. The monoisotopic (exact) mass is 221 g/mol. The van der Waals surface area contributed by atoms with E-state index in [0.29, 0.717) is 12.0 Å². The maximum atomic E-state index is 5.12. The molecule has 0 fully saturated rings. The first-order chi connectivity index (χ1) is 7.51. The number of methoxy groups -OCH3 is 1. The van der Waals surface area contributed by atoms with Gasteiger partial charge in [0.05, 0.1) is 6.61 Å². The van der Waals surface area contributed by atoms with Crippen LogP contribution in [0.3, 0.4) is 0 Å². The van der Waals surface area contributed by atoms with Gasteiger partial charge in [0.1, 0.15) is 0 Å². The average Bonchev–Trinajstić information content (AvgIpc) is 2.17. The first-order valence-electron chi connectivity index (χ1n) is 5.79. The molecule has 0 spiro atoms. The molecular formula is C14H23NO. The summed E-state index contributed by atoms with van der Waals surface area (Å²) in [6.45, 7) is 9.35. The number of ether oxygens (including phenoxy) is 1. The van der Waals surface area contributed by atoms with E-state index in [9.17, 15) is 0 Å².